The molecule has 1 aromatic heterocycles. The van der Waals surface area contributed by atoms with E-state index in [9.17, 15) is 19.7 Å². The fraction of sp³-hybridized carbons (Fsp3) is 0.0526. The van der Waals surface area contributed by atoms with Crippen molar-refractivity contribution in [2.75, 3.05) is 12.4 Å². The molecule has 0 bridgehead atoms. The van der Waals surface area contributed by atoms with E-state index in [4.69, 9.17) is 4.42 Å². The maximum atomic E-state index is 12.3. The molecular weight excluding hydrogens is 352 g/mol. The molecule has 0 saturated heterocycles. The molecule has 136 valence electrons. The molecule has 1 N–H and O–H groups in total. The standard InChI is InChI=1S/C19H14N2O6/c1-26-19(23)13-3-2-4-14(11-13)20-18(22)17-10-9-16(27-17)12-5-7-15(8-6-12)21(24)25/h2-11H,1H3,(H,20,22). The normalized spacial score (nSPS) is 10.3. The summed E-state index contributed by atoms with van der Waals surface area (Å²) in [6.07, 6.45) is 0. The number of furan rings is 1. The van der Waals surface area contributed by atoms with Crippen LogP contribution in [0.25, 0.3) is 11.3 Å². The Morgan fingerprint density at radius 3 is 2.48 bits per heavy atom. The molecule has 0 fully saturated rings. The van der Waals surface area contributed by atoms with Crippen molar-refractivity contribution in [2.45, 2.75) is 0 Å². The van der Waals surface area contributed by atoms with Gasteiger partial charge in [-0.05, 0) is 42.5 Å². The van der Waals surface area contributed by atoms with E-state index in [2.05, 4.69) is 10.1 Å². The van der Waals surface area contributed by atoms with Crippen LogP contribution in [0.3, 0.4) is 0 Å². The van der Waals surface area contributed by atoms with Crippen LogP contribution in [0.5, 0.6) is 0 Å². The van der Waals surface area contributed by atoms with Crippen molar-refractivity contribution in [2.24, 2.45) is 0 Å². The zero-order valence-electron chi connectivity index (χ0n) is 14.2. The number of nitro groups is 1. The molecule has 3 aromatic rings. The van der Waals surface area contributed by atoms with E-state index < -0.39 is 16.8 Å². The number of nitro benzene ring substituents is 1. The molecule has 8 nitrogen and oxygen atoms in total. The van der Waals surface area contributed by atoms with E-state index in [0.717, 1.165) is 0 Å². The second-order valence-corrected chi connectivity index (χ2v) is 5.49. The molecule has 0 spiro atoms. The minimum Gasteiger partial charge on any atom is -0.465 e. The monoisotopic (exact) mass is 366 g/mol. The number of nitrogens with one attached hydrogen (secondary N) is 1. The van der Waals surface area contributed by atoms with Gasteiger partial charge in [0.1, 0.15) is 5.76 Å². The Labute approximate surface area is 153 Å². The van der Waals surface area contributed by atoms with E-state index >= 15 is 0 Å². The first-order valence-electron chi connectivity index (χ1n) is 7.82. The number of non-ortho nitro benzene ring substituents is 1. The van der Waals surface area contributed by atoms with Gasteiger partial charge in [-0.15, -0.1) is 0 Å². The number of anilines is 1. The highest BCUT2D eigenvalue weighted by Gasteiger charge is 2.14. The van der Waals surface area contributed by atoms with E-state index in [1.807, 2.05) is 0 Å². The summed E-state index contributed by atoms with van der Waals surface area (Å²) in [5.41, 5.74) is 1.29. The first-order chi connectivity index (χ1) is 13.0. The van der Waals surface area contributed by atoms with Crippen molar-refractivity contribution >= 4 is 23.3 Å². The molecule has 3 rings (SSSR count). The molecule has 8 heteroatoms. The van der Waals surface area contributed by atoms with Crippen LogP contribution in [0.1, 0.15) is 20.9 Å². The molecule has 0 radical (unpaired) electrons. The zero-order valence-corrected chi connectivity index (χ0v) is 14.2. The lowest BCUT2D eigenvalue weighted by Crippen LogP contribution is -2.11. The highest BCUT2D eigenvalue weighted by Crippen LogP contribution is 2.25. The Morgan fingerprint density at radius 1 is 1.07 bits per heavy atom. The molecule has 0 saturated carbocycles. The second-order valence-electron chi connectivity index (χ2n) is 5.49. The van der Waals surface area contributed by atoms with Crippen molar-refractivity contribution in [1.82, 2.24) is 0 Å². The second kappa shape index (κ2) is 7.52. The molecule has 0 aliphatic carbocycles. The summed E-state index contributed by atoms with van der Waals surface area (Å²) >= 11 is 0. The molecule has 1 amide bonds. The summed E-state index contributed by atoms with van der Waals surface area (Å²) < 4.78 is 10.2. The Hall–Kier alpha value is -3.94. The summed E-state index contributed by atoms with van der Waals surface area (Å²) in [6, 6.07) is 15.2. The third-order valence-electron chi connectivity index (χ3n) is 3.73. The third kappa shape index (κ3) is 4.01. The van der Waals surface area contributed by atoms with Crippen molar-refractivity contribution in [3.8, 4) is 11.3 Å². The average Bonchev–Trinajstić information content (AvgIpc) is 3.18. The molecular formula is C19H14N2O6. The summed E-state index contributed by atoms with van der Waals surface area (Å²) in [4.78, 5) is 34.1. The summed E-state index contributed by atoms with van der Waals surface area (Å²) in [5.74, 6) is -0.542. The molecule has 0 atom stereocenters. The highest BCUT2D eigenvalue weighted by molar-refractivity contribution is 6.03. The van der Waals surface area contributed by atoms with Crippen LogP contribution in [-0.4, -0.2) is 23.9 Å². The Balaban J connectivity index is 1.75. The topological polar surface area (TPSA) is 112 Å². The van der Waals surface area contributed by atoms with Crippen LogP contribution in [0.4, 0.5) is 11.4 Å². The maximum absolute atomic E-state index is 12.3. The van der Waals surface area contributed by atoms with Gasteiger partial charge in [-0.3, -0.25) is 14.9 Å². The Morgan fingerprint density at radius 2 is 1.81 bits per heavy atom. The third-order valence-corrected chi connectivity index (χ3v) is 3.73. The fourth-order valence-corrected chi connectivity index (χ4v) is 2.40. The predicted octanol–water partition coefficient (Wildman–Crippen LogP) is 3.89. The van der Waals surface area contributed by atoms with Crippen LogP contribution in [0.2, 0.25) is 0 Å². The summed E-state index contributed by atoms with van der Waals surface area (Å²) in [7, 11) is 1.27. The maximum Gasteiger partial charge on any atom is 0.337 e. The number of carbonyl (C=O) groups is 2. The molecule has 27 heavy (non-hydrogen) atoms. The number of carbonyl (C=O) groups excluding carboxylic acids is 2. The largest absolute Gasteiger partial charge is 0.465 e. The molecule has 0 aliphatic rings. The number of hydrogen-bond donors (Lipinski definition) is 1. The smallest absolute Gasteiger partial charge is 0.337 e. The number of nitrogens with zero attached hydrogens (tertiary/aromatic N) is 1. The van der Waals surface area contributed by atoms with Crippen LogP contribution in [0, 0.1) is 10.1 Å². The molecule has 1 heterocycles. The molecule has 0 aliphatic heterocycles. The van der Waals surface area contributed by atoms with Crippen molar-refractivity contribution < 1.29 is 23.7 Å². The van der Waals surface area contributed by atoms with Gasteiger partial charge in [-0.2, -0.15) is 0 Å². The lowest BCUT2D eigenvalue weighted by Gasteiger charge is -2.05. The number of benzene rings is 2. The quantitative estimate of drug-likeness (QED) is 0.416. The zero-order chi connectivity index (χ0) is 19.4. The van der Waals surface area contributed by atoms with Crippen molar-refractivity contribution in [3.63, 3.8) is 0 Å². The predicted molar refractivity (Wildman–Crippen MR) is 96.5 cm³/mol. The molecule has 2 aromatic carbocycles. The SMILES string of the molecule is COC(=O)c1cccc(NC(=O)c2ccc(-c3ccc([N+](=O)[O-])cc3)o2)c1. The van der Waals surface area contributed by atoms with Gasteiger partial charge in [-0.25, -0.2) is 4.79 Å². The highest BCUT2D eigenvalue weighted by atomic mass is 16.6. The van der Waals surface area contributed by atoms with Crippen LogP contribution in [-0.2, 0) is 4.74 Å². The minimum atomic E-state index is -0.510. The van der Waals surface area contributed by atoms with Crippen LogP contribution >= 0.6 is 0 Å². The minimum absolute atomic E-state index is 0.0336. The lowest BCUT2D eigenvalue weighted by molar-refractivity contribution is -0.384. The van der Waals surface area contributed by atoms with Crippen LogP contribution in [0.15, 0.2) is 65.1 Å². The number of esters is 1. The number of hydrogen-bond acceptors (Lipinski definition) is 6. The van der Waals surface area contributed by atoms with E-state index in [1.54, 1.807) is 36.4 Å². The Kier molecular flexibility index (Phi) is 4.98. The van der Waals surface area contributed by atoms with E-state index in [1.165, 1.54) is 31.4 Å². The van der Waals surface area contributed by atoms with Crippen molar-refractivity contribution in [3.05, 3.63) is 82.1 Å². The molecule has 0 unspecified atom stereocenters. The van der Waals surface area contributed by atoms with Gasteiger partial charge in [0, 0.05) is 23.4 Å². The number of methoxy groups -OCH3 is 1. The van der Waals surface area contributed by atoms with Gasteiger partial charge < -0.3 is 14.5 Å². The number of amides is 1. The summed E-state index contributed by atoms with van der Waals surface area (Å²) in [6.45, 7) is 0. The first-order valence-corrected chi connectivity index (χ1v) is 7.82. The first kappa shape index (κ1) is 17.9. The van der Waals surface area contributed by atoms with Gasteiger partial charge >= 0.3 is 5.97 Å². The summed E-state index contributed by atoms with van der Waals surface area (Å²) in [5, 5.41) is 13.3. The van der Waals surface area contributed by atoms with Gasteiger partial charge in [0.2, 0.25) is 0 Å². The average molecular weight is 366 g/mol. The van der Waals surface area contributed by atoms with Gasteiger partial charge in [0.25, 0.3) is 11.6 Å². The van der Waals surface area contributed by atoms with Gasteiger partial charge in [0.15, 0.2) is 5.76 Å². The van der Waals surface area contributed by atoms with Gasteiger partial charge in [0.05, 0.1) is 17.6 Å². The van der Waals surface area contributed by atoms with E-state index in [0.29, 0.717) is 22.6 Å². The Bertz CT molecular complexity index is 1010. The van der Waals surface area contributed by atoms with Gasteiger partial charge in [-0.1, -0.05) is 6.07 Å². The number of ether oxygens (including phenoxy) is 1. The number of rotatable bonds is 5. The fourth-order valence-electron chi connectivity index (χ4n) is 2.40. The van der Waals surface area contributed by atoms with Crippen molar-refractivity contribution in [1.29, 1.82) is 0 Å². The van der Waals surface area contributed by atoms with Crippen LogP contribution < -0.4 is 5.32 Å². The lowest BCUT2D eigenvalue weighted by atomic mass is 10.1. The van der Waals surface area contributed by atoms with E-state index in [-0.39, 0.29) is 11.4 Å².